The molecule has 0 aliphatic carbocycles. The van der Waals surface area contributed by atoms with Crippen LogP contribution in [0.5, 0.6) is 0 Å². The van der Waals surface area contributed by atoms with Crippen molar-refractivity contribution in [2.45, 2.75) is 6.92 Å². The molecule has 3 N–H and O–H groups in total. The average molecular weight is 359 g/mol. The van der Waals surface area contributed by atoms with Crippen LogP contribution in [0.4, 0.5) is 11.4 Å². The fourth-order valence-corrected chi connectivity index (χ4v) is 2.31. The summed E-state index contributed by atoms with van der Waals surface area (Å²) in [6, 6.07) is 10.0. The molecule has 2 aromatic rings. The zero-order chi connectivity index (χ0) is 18.6. The molecule has 0 radical (unpaired) electrons. The number of aryl methyl sites for hydroxylation is 1. The monoisotopic (exact) mass is 359 g/mol. The predicted molar refractivity (Wildman–Crippen MR) is 94.9 cm³/mol. The summed E-state index contributed by atoms with van der Waals surface area (Å²) >= 11 is 5.01. The van der Waals surface area contributed by atoms with Gasteiger partial charge in [0.15, 0.2) is 5.11 Å². The molecule has 0 bridgehead atoms. The van der Waals surface area contributed by atoms with Crippen LogP contribution in [0, 0.1) is 17.0 Å². The minimum atomic E-state index is -1.14. The maximum absolute atomic E-state index is 12.2. The summed E-state index contributed by atoms with van der Waals surface area (Å²) < 4.78 is 0. The van der Waals surface area contributed by atoms with Crippen molar-refractivity contribution in [1.82, 2.24) is 5.32 Å². The Morgan fingerprint density at radius 3 is 2.48 bits per heavy atom. The van der Waals surface area contributed by atoms with E-state index < -0.39 is 16.8 Å². The summed E-state index contributed by atoms with van der Waals surface area (Å²) in [5.41, 5.74) is 0.685. The number of para-hydroxylation sites is 1. The Balaban J connectivity index is 2.11. The van der Waals surface area contributed by atoms with Crippen LogP contribution in [-0.4, -0.2) is 27.0 Å². The van der Waals surface area contributed by atoms with Crippen LogP contribution in [0.2, 0.25) is 0 Å². The SMILES string of the molecule is Cc1cc(C(=O)NC(=S)Nc2ccccc2C(=O)O)ccc1[N+](=O)[O-]. The maximum atomic E-state index is 12.2. The topological polar surface area (TPSA) is 122 Å². The summed E-state index contributed by atoms with van der Waals surface area (Å²) in [6.07, 6.45) is 0. The number of nitrogens with zero attached hydrogens (tertiary/aromatic N) is 1. The van der Waals surface area contributed by atoms with E-state index in [0.717, 1.165) is 0 Å². The van der Waals surface area contributed by atoms with Gasteiger partial charge in [-0.25, -0.2) is 4.79 Å². The standard InChI is InChI=1S/C16H13N3O5S/c1-9-8-10(6-7-13(9)19(23)24)14(20)18-16(25)17-12-5-3-2-4-11(12)15(21)22/h2-8H,1H3,(H,21,22)(H2,17,18,20,25). The van der Waals surface area contributed by atoms with Gasteiger partial charge in [-0.2, -0.15) is 0 Å². The number of carbonyl (C=O) groups is 2. The molecule has 0 fully saturated rings. The summed E-state index contributed by atoms with van der Waals surface area (Å²) in [6.45, 7) is 1.52. The second-order valence-corrected chi connectivity index (χ2v) is 5.43. The van der Waals surface area contributed by atoms with Crippen LogP contribution in [0.15, 0.2) is 42.5 Å². The molecule has 0 spiro atoms. The molecule has 0 heterocycles. The van der Waals surface area contributed by atoms with Crippen molar-refractivity contribution in [1.29, 1.82) is 0 Å². The van der Waals surface area contributed by atoms with Crippen LogP contribution in [0.25, 0.3) is 0 Å². The molecule has 0 saturated heterocycles. The third-order valence-corrected chi connectivity index (χ3v) is 3.49. The molecule has 128 valence electrons. The molecular formula is C16H13N3O5S. The zero-order valence-electron chi connectivity index (χ0n) is 13.0. The van der Waals surface area contributed by atoms with Gasteiger partial charge in [0.25, 0.3) is 11.6 Å². The van der Waals surface area contributed by atoms with Crippen molar-refractivity contribution < 1.29 is 19.6 Å². The predicted octanol–water partition coefficient (Wildman–Crippen LogP) is 2.73. The molecule has 0 aliphatic rings. The van der Waals surface area contributed by atoms with Gasteiger partial charge in [0.1, 0.15) is 0 Å². The lowest BCUT2D eigenvalue weighted by Crippen LogP contribution is -2.34. The summed E-state index contributed by atoms with van der Waals surface area (Å²) in [7, 11) is 0. The van der Waals surface area contributed by atoms with Crippen LogP contribution >= 0.6 is 12.2 Å². The molecule has 0 aliphatic heterocycles. The van der Waals surface area contributed by atoms with E-state index >= 15 is 0 Å². The van der Waals surface area contributed by atoms with E-state index in [9.17, 15) is 19.7 Å². The van der Waals surface area contributed by atoms with Crippen LogP contribution in [0.3, 0.4) is 0 Å². The normalized spacial score (nSPS) is 9.96. The molecule has 0 atom stereocenters. The highest BCUT2D eigenvalue weighted by Crippen LogP contribution is 2.19. The molecular weight excluding hydrogens is 346 g/mol. The minimum Gasteiger partial charge on any atom is -0.478 e. The number of carboxylic acids is 1. The lowest BCUT2D eigenvalue weighted by atomic mass is 10.1. The number of rotatable bonds is 4. The number of hydrogen-bond donors (Lipinski definition) is 3. The first-order chi connectivity index (χ1) is 11.8. The fraction of sp³-hybridized carbons (Fsp3) is 0.0625. The molecule has 2 aromatic carbocycles. The van der Waals surface area contributed by atoms with E-state index in [1.54, 1.807) is 12.1 Å². The first-order valence-electron chi connectivity index (χ1n) is 6.99. The highest BCUT2D eigenvalue weighted by molar-refractivity contribution is 7.80. The van der Waals surface area contributed by atoms with Crippen LogP contribution in [-0.2, 0) is 0 Å². The minimum absolute atomic E-state index is 0.00489. The van der Waals surface area contributed by atoms with Crippen molar-refractivity contribution >= 4 is 40.6 Å². The Morgan fingerprint density at radius 2 is 1.88 bits per heavy atom. The number of aromatic carboxylic acids is 1. The number of amides is 1. The van der Waals surface area contributed by atoms with E-state index in [1.807, 2.05) is 0 Å². The Bertz CT molecular complexity index is 882. The summed E-state index contributed by atoms with van der Waals surface area (Å²) in [5.74, 6) is -1.70. The third kappa shape index (κ3) is 4.36. The number of benzene rings is 2. The molecule has 25 heavy (non-hydrogen) atoms. The van der Waals surface area contributed by atoms with Gasteiger partial charge >= 0.3 is 5.97 Å². The molecule has 9 heteroatoms. The molecule has 2 rings (SSSR count). The second-order valence-electron chi connectivity index (χ2n) is 5.02. The van der Waals surface area contributed by atoms with Gasteiger partial charge in [0.2, 0.25) is 0 Å². The van der Waals surface area contributed by atoms with Crippen LogP contribution < -0.4 is 10.6 Å². The quantitative estimate of drug-likeness (QED) is 0.436. The Labute approximate surface area is 147 Å². The number of nitrogens with one attached hydrogen (secondary N) is 2. The van der Waals surface area contributed by atoms with Gasteiger partial charge in [-0.1, -0.05) is 12.1 Å². The molecule has 0 aromatic heterocycles. The second kappa shape index (κ2) is 7.49. The molecule has 0 unspecified atom stereocenters. The van der Waals surface area contributed by atoms with Gasteiger partial charge in [-0.05, 0) is 43.4 Å². The van der Waals surface area contributed by atoms with E-state index in [4.69, 9.17) is 17.3 Å². The van der Waals surface area contributed by atoms with Gasteiger partial charge in [-0.15, -0.1) is 0 Å². The first kappa shape index (κ1) is 18.0. The largest absolute Gasteiger partial charge is 0.478 e. The Morgan fingerprint density at radius 1 is 1.20 bits per heavy atom. The van der Waals surface area contributed by atoms with Gasteiger partial charge < -0.3 is 10.4 Å². The highest BCUT2D eigenvalue weighted by Gasteiger charge is 2.15. The number of carbonyl (C=O) groups excluding carboxylic acids is 1. The van der Waals surface area contributed by atoms with Crippen molar-refractivity contribution in [2.24, 2.45) is 0 Å². The number of carboxylic acid groups (broad SMARTS) is 1. The van der Waals surface area contributed by atoms with E-state index in [0.29, 0.717) is 5.56 Å². The third-order valence-electron chi connectivity index (χ3n) is 3.29. The smallest absolute Gasteiger partial charge is 0.337 e. The number of thiocarbonyl (C=S) groups is 1. The van der Waals surface area contributed by atoms with Crippen molar-refractivity contribution in [3.05, 3.63) is 69.3 Å². The number of nitro groups is 1. The first-order valence-corrected chi connectivity index (χ1v) is 7.40. The lowest BCUT2D eigenvalue weighted by molar-refractivity contribution is -0.385. The highest BCUT2D eigenvalue weighted by atomic mass is 32.1. The van der Waals surface area contributed by atoms with Crippen molar-refractivity contribution in [3.8, 4) is 0 Å². The summed E-state index contributed by atoms with van der Waals surface area (Å²) in [5, 5.41) is 24.9. The zero-order valence-corrected chi connectivity index (χ0v) is 13.8. The Kier molecular flexibility index (Phi) is 5.40. The van der Waals surface area contributed by atoms with E-state index in [2.05, 4.69) is 10.6 Å². The van der Waals surface area contributed by atoms with E-state index in [1.165, 1.54) is 37.3 Å². The van der Waals surface area contributed by atoms with Gasteiger partial charge in [-0.3, -0.25) is 20.2 Å². The molecule has 0 saturated carbocycles. The number of nitro benzene ring substituents is 1. The summed E-state index contributed by atoms with van der Waals surface area (Å²) in [4.78, 5) is 33.6. The number of anilines is 1. The number of hydrogen-bond acceptors (Lipinski definition) is 5. The molecule has 8 nitrogen and oxygen atoms in total. The van der Waals surface area contributed by atoms with Gasteiger partial charge in [0.05, 0.1) is 16.2 Å². The van der Waals surface area contributed by atoms with Crippen molar-refractivity contribution in [3.63, 3.8) is 0 Å². The fourth-order valence-electron chi connectivity index (χ4n) is 2.11. The van der Waals surface area contributed by atoms with Crippen LogP contribution in [0.1, 0.15) is 26.3 Å². The molecule has 1 amide bonds. The van der Waals surface area contributed by atoms with Crippen molar-refractivity contribution in [2.75, 3.05) is 5.32 Å². The maximum Gasteiger partial charge on any atom is 0.337 e. The Hall–Kier alpha value is -3.33. The lowest BCUT2D eigenvalue weighted by Gasteiger charge is -2.11. The van der Waals surface area contributed by atoms with E-state index in [-0.39, 0.29) is 27.6 Å². The van der Waals surface area contributed by atoms with Gasteiger partial charge in [0, 0.05) is 17.2 Å². The average Bonchev–Trinajstić information content (AvgIpc) is 2.54.